The second-order valence-corrected chi connectivity index (χ2v) is 12.7. The van der Waals surface area contributed by atoms with Crippen LogP contribution in [-0.2, 0) is 6.42 Å². The molecule has 0 aliphatic heterocycles. The summed E-state index contributed by atoms with van der Waals surface area (Å²) in [5, 5.41) is 3.93. The molecular formula is C32H33N3OS2. The van der Waals surface area contributed by atoms with Crippen molar-refractivity contribution < 1.29 is 4.79 Å². The first-order valence-electron chi connectivity index (χ1n) is 12.8. The van der Waals surface area contributed by atoms with Crippen LogP contribution in [0.4, 0.5) is 11.4 Å². The molecule has 0 saturated heterocycles. The Hall–Kier alpha value is -3.35. The highest BCUT2D eigenvalue weighted by molar-refractivity contribution is 8.03. The lowest BCUT2D eigenvalue weighted by Gasteiger charge is -2.17. The van der Waals surface area contributed by atoms with Crippen LogP contribution in [0.25, 0.3) is 0 Å². The molecule has 0 spiro atoms. The fourth-order valence-corrected chi connectivity index (χ4v) is 5.95. The van der Waals surface area contributed by atoms with Crippen molar-refractivity contribution >= 4 is 47.0 Å². The average molecular weight is 540 g/mol. The Bertz CT molecular complexity index is 1370. The van der Waals surface area contributed by atoms with Crippen LogP contribution in [-0.4, -0.2) is 27.6 Å². The number of nitrogens with zero attached hydrogens (tertiary/aromatic N) is 2. The van der Waals surface area contributed by atoms with E-state index < -0.39 is 0 Å². The minimum absolute atomic E-state index is 0.0750. The van der Waals surface area contributed by atoms with Gasteiger partial charge in [0.15, 0.2) is 0 Å². The van der Waals surface area contributed by atoms with Gasteiger partial charge >= 0.3 is 0 Å². The molecule has 194 valence electrons. The maximum absolute atomic E-state index is 13.3. The Morgan fingerprint density at radius 3 is 2.16 bits per heavy atom. The van der Waals surface area contributed by atoms with E-state index in [0.29, 0.717) is 10.5 Å². The third-order valence-corrected chi connectivity index (χ3v) is 7.87. The molecule has 1 N–H and O–H groups in total. The van der Waals surface area contributed by atoms with E-state index >= 15 is 0 Å². The smallest absolute Gasteiger partial charge is 0.256 e. The number of hydrogen-bond donors (Lipinski definition) is 1. The lowest BCUT2D eigenvalue weighted by atomic mass is 10.0. The molecule has 6 heteroatoms. The fraction of sp³-hybridized carbons (Fsp3) is 0.219. The molecule has 0 aliphatic carbocycles. The molecule has 0 atom stereocenters. The number of aromatic nitrogens is 1. The van der Waals surface area contributed by atoms with Gasteiger partial charge in [0.2, 0.25) is 0 Å². The van der Waals surface area contributed by atoms with Gasteiger partial charge in [0.25, 0.3) is 5.91 Å². The highest BCUT2D eigenvalue weighted by Gasteiger charge is 2.18. The number of anilines is 1. The molecule has 4 aromatic rings. The first-order chi connectivity index (χ1) is 18.4. The van der Waals surface area contributed by atoms with Crippen molar-refractivity contribution in [2.45, 2.75) is 54.4 Å². The molecule has 0 aliphatic rings. The van der Waals surface area contributed by atoms with Crippen LogP contribution in [0.1, 0.15) is 54.9 Å². The Morgan fingerprint density at radius 1 is 0.842 bits per heavy atom. The van der Waals surface area contributed by atoms with Crippen LogP contribution in [0.5, 0.6) is 0 Å². The first kappa shape index (κ1) is 27.7. The monoisotopic (exact) mass is 539 g/mol. The highest BCUT2D eigenvalue weighted by atomic mass is 32.2. The summed E-state index contributed by atoms with van der Waals surface area (Å²) >= 11 is 3.54. The van der Waals surface area contributed by atoms with Crippen molar-refractivity contribution in [2.75, 3.05) is 5.32 Å². The highest BCUT2D eigenvalue weighted by Crippen LogP contribution is 2.38. The van der Waals surface area contributed by atoms with Gasteiger partial charge in [0.05, 0.1) is 23.2 Å². The second kappa shape index (κ2) is 13.4. The zero-order valence-electron chi connectivity index (χ0n) is 22.2. The average Bonchev–Trinajstić information content (AvgIpc) is 2.90. The van der Waals surface area contributed by atoms with Crippen LogP contribution < -0.4 is 5.32 Å². The minimum Gasteiger partial charge on any atom is -0.322 e. The number of carbonyl (C=O) groups excluding carboxylic acids is 1. The molecule has 4 nitrogen and oxygen atoms in total. The number of nitrogens with one attached hydrogen (secondary N) is 1. The maximum atomic E-state index is 13.3. The Morgan fingerprint density at radius 2 is 1.53 bits per heavy atom. The number of hydrogen-bond acceptors (Lipinski definition) is 5. The molecule has 38 heavy (non-hydrogen) atoms. The minimum atomic E-state index is -0.0750. The van der Waals surface area contributed by atoms with E-state index in [4.69, 9.17) is 0 Å². The van der Waals surface area contributed by atoms with Gasteiger partial charge in [-0.15, -0.1) is 23.5 Å². The predicted molar refractivity (Wildman–Crippen MR) is 164 cm³/mol. The van der Waals surface area contributed by atoms with Crippen LogP contribution in [0.15, 0.2) is 106 Å². The lowest BCUT2D eigenvalue weighted by molar-refractivity contribution is 0.102. The van der Waals surface area contributed by atoms with Gasteiger partial charge in [0.1, 0.15) is 0 Å². The fourth-order valence-electron chi connectivity index (χ4n) is 3.83. The van der Waals surface area contributed by atoms with E-state index in [1.165, 1.54) is 11.1 Å². The van der Waals surface area contributed by atoms with E-state index in [1.54, 1.807) is 35.9 Å². The standard InChI is InChI=1S/C32H33N3OS2/c1-22(2)37-30-10-7-9-29(31(30)38-23(3)4)32(36)35-27-17-13-25(14-18-27)20-24-11-15-26(16-12-24)34-21-28-8-5-6-19-33-28/h5-19,21-23H,20H2,1-4H3,(H,35,36). The van der Waals surface area contributed by atoms with E-state index in [1.807, 2.05) is 54.6 Å². The molecule has 3 aromatic carbocycles. The van der Waals surface area contributed by atoms with E-state index in [-0.39, 0.29) is 5.91 Å². The summed E-state index contributed by atoms with van der Waals surface area (Å²) < 4.78 is 0. The third-order valence-electron chi connectivity index (χ3n) is 5.53. The summed E-state index contributed by atoms with van der Waals surface area (Å²) in [5.74, 6) is -0.0750. The molecule has 0 fully saturated rings. The quantitative estimate of drug-likeness (QED) is 0.162. The van der Waals surface area contributed by atoms with Gasteiger partial charge in [-0.1, -0.05) is 64.1 Å². The van der Waals surface area contributed by atoms with Gasteiger partial charge in [-0.05, 0) is 66.1 Å². The molecule has 1 heterocycles. The van der Waals surface area contributed by atoms with Gasteiger partial charge < -0.3 is 5.32 Å². The van der Waals surface area contributed by atoms with Gasteiger partial charge in [-0.25, -0.2) is 0 Å². The molecule has 0 bridgehead atoms. The van der Waals surface area contributed by atoms with Crippen molar-refractivity contribution in [1.82, 2.24) is 4.98 Å². The van der Waals surface area contributed by atoms with Crippen molar-refractivity contribution in [3.05, 3.63) is 114 Å². The van der Waals surface area contributed by atoms with Crippen LogP contribution >= 0.6 is 23.5 Å². The summed E-state index contributed by atoms with van der Waals surface area (Å²) in [5.41, 5.74) is 5.63. The summed E-state index contributed by atoms with van der Waals surface area (Å²) in [6.45, 7) is 8.67. The number of thioether (sulfide) groups is 2. The lowest BCUT2D eigenvalue weighted by Crippen LogP contribution is -2.14. The number of rotatable bonds is 10. The van der Waals surface area contributed by atoms with Crippen molar-refractivity contribution in [2.24, 2.45) is 4.99 Å². The molecular weight excluding hydrogens is 507 g/mol. The van der Waals surface area contributed by atoms with E-state index in [2.05, 4.69) is 73.3 Å². The molecule has 0 radical (unpaired) electrons. The largest absolute Gasteiger partial charge is 0.322 e. The normalized spacial score (nSPS) is 11.4. The molecule has 0 unspecified atom stereocenters. The van der Waals surface area contributed by atoms with Crippen molar-refractivity contribution in [1.29, 1.82) is 0 Å². The number of pyridine rings is 1. The molecule has 1 aromatic heterocycles. The third kappa shape index (κ3) is 8.07. The summed E-state index contributed by atoms with van der Waals surface area (Å²) in [6, 6.07) is 28.1. The maximum Gasteiger partial charge on any atom is 0.256 e. The van der Waals surface area contributed by atoms with E-state index in [0.717, 1.165) is 38.8 Å². The SMILES string of the molecule is CC(C)Sc1cccc(C(=O)Nc2ccc(Cc3ccc(N=Cc4ccccn4)cc3)cc2)c1SC(C)C. The van der Waals surface area contributed by atoms with E-state index in [9.17, 15) is 4.79 Å². The Labute approximate surface area is 234 Å². The zero-order valence-corrected chi connectivity index (χ0v) is 23.9. The Kier molecular flexibility index (Phi) is 9.79. The number of aliphatic imine (C=N–C) groups is 1. The molecule has 0 saturated carbocycles. The second-order valence-electron chi connectivity index (χ2n) is 9.47. The topological polar surface area (TPSA) is 54.4 Å². The van der Waals surface area contributed by atoms with Gasteiger partial charge in [-0.2, -0.15) is 0 Å². The predicted octanol–water partition coefficient (Wildman–Crippen LogP) is 8.68. The zero-order chi connectivity index (χ0) is 26.9. The first-order valence-corrected chi connectivity index (χ1v) is 14.5. The number of benzene rings is 3. The molecule has 1 amide bonds. The molecule has 4 rings (SSSR count). The van der Waals surface area contributed by atoms with Crippen LogP contribution in [0.3, 0.4) is 0 Å². The van der Waals surface area contributed by atoms with Gasteiger partial charge in [0, 0.05) is 32.2 Å². The number of amides is 1. The van der Waals surface area contributed by atoms with Gasteiger partial charge in [-0.3, -0.25) is 14.8 Å². The van der Waals surface area contributed by atoms with Crippen molar-refractivity contribution in [3.63, 3.8) is 0 Å². The summed E-state index contributed by atoms with van der Waals surface area (Å²) in [7, 11) is 0. The number of carbonyl (C=O) groups is 1. The van der Waals surface area contributed by atoms with Crippen molar-refractivity contribution in [3.8, 4) is 0 Å². The van der Waals surface area contributed by atoms with Crippen LogP contribution in [0.2, 0.25) is 0 Å². The van der Waals surface area contributed by atoms with Crippen LogP contribution in [0, 0.1) is 0 Å². The summed E-state index contributed by atoms with van der Waals surface area (Å²) in [6.07, 6.45) is 4.34. The Balaban J connectivity index is 1.40. The summed E-state index contributed by atoms with van der Waals surface area (Å²) in [4.78, 5) is 24.2.